The van der Waals surface area contributed by atoms with Crippen LogP contribution in [0.15, 0.2) is 78.5 Å². The summed E-state index contributed by atoms with van der Waals surface area (Å²) in [5.41, 5.74) is 5.24. The Labute approximate surface area is 186 Å². The van der Waals surface area contributed by atoms with E-state index in [1.807, 2.05) is 53.5 Å². The molecule has 30 heavy (non-hydrogen) atoms. The van der Waals surface area contributed by atoms with Crippen LogP contribution in [-0.4, -0.2) is 26.2 Å². The van der Waals surface area contributed by atoms with Crippen LogP contribution in [0.1, 0.15) is 31.0 Å². The van der Waals surface area contributed by atoms with Crippen molar-refractivity contribution in [1.29, 1.82) is 0 Å². The molecule has 0 fully saturated rings. The van der Waals surface area contributed by atoms with E-state index in [0.29, 0.717) is 10.0 Å². The Bertz CT molecular complexity index is 1100. The summed E-state index contributed by atoms with van der Waals surface area (Å²) in [5, 5.41) is 9.09. The van der Waals surface area contributed by atoms with Crippen molar-refractivity contribution in [3.8, 4) is 0 Å². The fourth-order valence-electron chi connectivity index (χ4n) is 3.85. The van der Waals surface area contributed by atoms with Crippen molar-refractivity contribution in [3.05, 3.63) is 99.7 Å². The summed E-state index contributed by atoms with van der Waals surface area (Å²) in [4.78, 5) is 6.38. The topological polar surface area (TPSA) is 46.0 Å². The molecule has 154 valence electrons. The molecular weight excluding hydrogens is 417 g/mol. The van der Waals surface area contributed by atoms with Gasteiger partial charge < -0.3 is 10.2 Å². The Morgan fingerprint density at radius 3 is 2.60 bits per heavy atom. The Morgan fingerprint density at radius 1 is 1.13 bits per heavy atom. The van der Waals surface area contributed by atoms with Gasteiger partial charge in [-0.2, -0.15) is 5.10 Å². The summed E-state index contributed by atoms with van der Waals surface area (Å²) in [5.74, 6) is 0.928. The minimum absolute atomic E-state index is 0.162. The third kappa shape index (κ3) is 3.83. The lowest BCUT2D eigenvalue weighted by atomic mass is 9.92. The first kappa shape index (κ1) is 20.5. The van der Waals surface area contributed by atoms with Gasteiger partial charge in [-0.1, -0.05) is 35.8 Å². The smallest absolute Gasteiger partial charge is 0.129 e. The molecule has 0 spiro atoms. The first-order valence-electron chi connectivity index (χ1n) is 9.79. The molecule has 0 amide bonds. The molecule has 0 saturated heterocycles. The largest absolute Gasteiger partial charge is 0.368 e. The molecule has 5 nitrogen and oxygen atoms in total. The molecule has 3 aromatic rings. The quantitative estimate of drug-likeness (QED) is 0.518. The molecule has 7 heteroatoms. The highest BCUT2D eigenvalue weighted by atomic mass is 35.5. The van der Waals surface area contributed by atoms with E-state index in [9.17, 15) is 0 Å². The highest BCUT2D eigenvalue weighted by molar-refractivity contribution is 6.42. The lowest BCUT2D eigenvalue weighted by Gasteiger charge is -2.36. The summed E-state index contributed by atoms with van der Waals surface area (Å²) < 4.78 is 1.97. The van der Waals surface area contributed by atoms with E-state index in [1.165, 1.54) is 5.56 Å². The van der Waals surface area contributed by atoms with E-state index < -0.39 is 0 Å². The van der Waals surface area contributed by atoms with Crippen LogP contribution in [0, 0.1) is 0 Å². The highest BCUT2D eigenvalue weighted by Gasteiger charge is 2.31. The third-order valence-electron chi connectivity index (χ3n) is 5.36. The molecule has 2 aromatic heterocycles. The first-order chi connectivity index (χ1) is 14.5. The van der Waals surface area contributed by atoms with Crippen LogP contribution in [0.2, 0.25) is 10.0 Å². The van der Waals surface area contributed by atoms with Crippen LogP contribution in [-0.2, 0) is 6.54 Å². The number of rotatable bonds is 6. The van der Waals surface area contributed by atoms with Gasteiger partial charge >= 0.3 is 0 Å². The molecule has 0 radical (unpaired) electrons. The molecule has 0 bridgehead atoms. The number of nitrogens with zero attached hydrogens (tertiary/aromatic N) is 4. The van der Waals surface area contributed by atoms with Gasteiger partial charge in [0.2, 0.25) is 0 Å². The second-order valence-corrected chi connectivity index (χ2v) is 8.03. The van der Waals surface area contributed by atoms with Gasteiger partial charge in [0.25, 0.3) is 0 Å². The number of aromatic nitrogens is 3. The third-order valence-corrected chi connectivity index (χ3v) is 6.10. The molecule has 1 aliphatic heterocycles. The van der Waals surface area contributed by atoms with Crippen LogP contribution in [0.4, 0.5) is 5.82 Å². The average Bonchev–Trinajstić information content (AvgIpc) is 3.21. The van der Waals surface area contributed by atoms with Crippen molar-refractivity contribution in [2.24, 2.45) is 0 Å². The van der Waals surface area contributed by atoms with E-state index in [4.69, 9.17) is 23.2 Å². The normalized spacial score (nSPS) is 15.5. The summed E-state index contributed by atoms with van der Waals surface area (Å²) in [6.45, 7) is 10.2. The van der Waals surface area contributed by atoms with Gasteiger partial charge in [-0.15, -0.1) is 0 Å². The number of anilines is 1. The van der Waals surface area contributed by atoms with Crippen molar-refractivity contribution < 1.29 is 0 Å². The Hall–Kier alpha value is -2.76. The number of pyridine rings is 1. The maximum atomic E-state index is 6.36. The predicted octanol–water partition coefficient (Wildman–Crippen LogP) is 5.91. The molecule has 1 atom stereocenters. The molecule has 1 N–H and O–H groups in total. The lowest BCUT2D eigenvalue weighted by molar-refractivity contribution is 0.353. The van der Waals surface area contributed by atoms with Gasteiger partial charge in [0.05, 0.1) is 16.2 Å². The number of likely N-dealkylation sites (N-methyl/N-ethyl adjacent to an activating group) is 1. The minimum atomic E-state index is -0.162. The number of nitrogens with one attached hydrogen (secondary N) is 1. The van der Waals surface area contributed by atoms with E-state index in [0.717, 1.165) is 41.4 Å². The zero-order chi connectivity index (χ0) is 21.3. The zero-order valence-corrected chi connectivity index (χ0v) is 18.5. The van der Waals surface area contributed by atoms with Crippen LogP contribution < -0.4 is 5.32 Å². The van der Waals surface area contributed by atoms with Crippen molar-refractivity contribution in [2.45, 2.75) is 26.4 Å². The van der Waals surface area contributed by atoms with Crippen molar-refractivity contribution in [1.82, 2.24) is 19.7 Å². The molecule has 3 heterocycles. The number of hydrogen-bond acceptors (Lipinski definition) is 4. The second kappa shape index (κ2) is 8.54. The number of halogens is 2. The van der Waals surface area contributed by atoms with Gasteiger partial charge in [0.1, 0.15) is 11.9 Å². The maximum absolute atomic E-state index is 6.36. The zero-order valence-electron chi connectivity index (χ0n) is 16.9. The van der Waals surface area contributed by atoms with Crippen molar-refractivity contribution in [2.75, 3.05) is 11.9 Å². The molecule has 1 aliphatic rings. The van der Waals surface area contributed by atoms with E-state index in [1.54, 1.807) is 6.20 Å². The van der Waals surface area contributed by atoms with Crippen LogP contribution in [0.3, 0.4) is 0 Å². The SMILES string of the molecule is C=C(C1=C(C)Nc2ccnn2C1c1ccc(Cl)c(Cl)c1)N(CC)Cc1ccncc1. The Kier molecular flexibility index (Phi) is 5.84. The Balaban J connectivity index is 1.76. The summed E-state index contributed by atoms with van der Waals surface area (Å²) >= 11 is 12.5. The van der Waals surface area contributed by atoms with Gasteiger partial charge in [0, 0.05) is 48.5 Å². The minimum Gasteiger partial charge on any atom is -0.368 e. The first-order valence-corrected chi connectivity index (χ1v) is 10.5. The second-order valence-electron chi connectivity index (χ2n) is 7.22. The van der Waals surface area contributed by atoms with E-state index in [-0.39, 0.29) is 6.04 Å². The molecule has 0 saturated carbocycles. The average molecular weight is 440 g/mol. The number of hydrogen-bond donors (Lipinski definition) is 1. The predicted molar refractivity (Wildman–Crippen MR) is 123 cm³/mol. The number of benzene rings is 1. The van der Waals surface area contributed by atoms with Gasteiger partial charge in [0.15, 0.2) is 0 Å². The number of fused-ring (bicyclic) bond motifs is 1. The van der Waals surface area contributed by atoms with Crippen LogP contribution in [0.25, 0.3) is 0 Å². The maximum Gasteiger partial charge on any atom is 0.129 e. The van der Waals surface area contributed by atoms with Crippen LogP contribution >= 0.6 is 23.2 Å². The standard InChI is InChI=1S/C23H23Cl2N5/c1-4-29(14-17-7-10-26-11-8-17)16(3)22-15(2)28-21-9-12-27-30(21)23(22)18-5-6-19(24)20(25)13-18/h5-13,23,28H,3-4,14H2,1-2H3. The molecule has 4 rings (SSSR count). The molecule has 1 aromatic carbocycles. The monoisotopic (exact) mass is 439 g/mol. The Morgan fingerprint density at radius 2 is 1.90 bits per heavy atom. The van der Waals surface area contributed by atoms with E-state index >= 15 is 0 Å². The van der Waals surface area contributed by atoms with Crippen molar-refractivity contribution >= 4 is 29.0 Å². The molecular formula is C23H23Cl2N5. The van der Waals surface area contributed by atoms with Gasteiger partial charge in [-0.3, -0.25) is 4.98 Å². The lowest BCUT2D eigenvalue weighted by Crippen LogP contribution is -2.31. The fourth-order valence-corrected chi connectivity index (χ4v) is 4.15. The summed E-state index contributed by atoms with van der Waals surface area (Å²) in [6, 6.07) is 11.6. The summed E-state index contributed by atoms with van der Waals surface area (Å²) in [7, 11) is 0. The summed E-state index contributed by atoms with van der Waals surface area (Å²) in [6.07, 6.45) is 5.42. The molecule has 1 unspecified atom stereocenters. The fraction of sp³-hybridized carbons (Fsp3) is 0.217. The van der Waals surface area contributed by atoms with Gasteiger partial charge in [-0.25, -0.2) is 4.68 Å². The molecule has 0 aliphatic carbocycles. The van der Waals surface area contributed by atoms with E-state index in [2.05, 4.69) is 40.7 Å². The highest BCUT2D eigenvalue weighted by Crippen LogP contribution is 2.41. The number of allylic oxidation sites excluding steroid dienone is 2. The van der Waals surface area contributed by atoms with Crippen LogP contribution in [0.5, 0.6) is 0 Å². The van der Waals surface area contributed by atoms with Crippen molar-refractivity contribution in [3.63, 3.8) is 0 Å². The van der Waals surface area contributed by atoms with Gasteiger partial charge in [-0.05, 0) is 49.2 Å².